The highest BCUT2D eigenvalue weighted by Gasteiger charge is 2.28. The van der Waals surface area contributed by atoms with Gasteiger partial charge in [0, 0.05) is 0 Å². The summed E-state index contributed by atoms with van der Waals surface area (Å²) in [4.78, 5) is 36.2. The molecule has 1 aromatic rings. The maximum atomic E-state index is 12.1. The van der Waals surface area contributed by atoms with E-state index in [0.717, 1.165) is 5.56 Å². The second kappa shape index (κ2) is 10.6. The van der Waals surface area contributed by atoms with Crippen LogP contribution in [0.25, 0.3) is 0 Å². The average Bonchev–Trinajstić information content (AvgIpc) is 2.60. The molecule has 1 aromatic carbocycles. The predicted octanol–water partition coefficient (Wildman–Crippen LogP) is 5.34. The van der Waals surface area contributed by atoms with Crippen LogP contribution in [-0.4, -0.2) is 30.9 Å². The van der Waals surface area contributed by atoms with Gasteiger partial charge in [0.2, 0.25) is 0 Å². The van der Waals surface area contributed by atoms with Crippen LogP contribution in [0, 0.1) is 0 Å². The summed E-state index contributed by atoms with van der Waals surface area (Å²) in [7, 11) is 0. The number of hydrogen-bond donors (Lipinski definition) is 0. The molecule has 0 amide bonds. The van der Waals surface area contributed by atoms with E-state index in [1.54, 1.807) is 59.7 Å². The van der Waals surface area contributed by atoms with Crippen LogP contribution in [0.3, 0.4) is 0 Å². The number of alkyl halides is 3. The largest absolute Gasteiger partial charge is 0.460 e. The molecule has 1 rings (SSSR count). The van der Waals surface area contributed by atoms with Crippen molar-refractivity contribution < 1.29 is 28.6 Å². The lowest BCUT2D eigenvalue weighted by Gasteiger charge is -2.19. The van der Waals surface area contributed by atoms with E-state index < -0.39 is 30.9 Å². The second-order valence-corrected chi connectivity index (χ2v) is 14.2. The van der Waals surface area contributed by atoms with Crippen LogP contribution < -0.4 is 0 Å². The number of carbonyl (C=O) groups excluding carboxylic acids is 3. The van der Waals surface area contributed by atoms with Gasteiger partial charge in [-0.05, 0) is 64.3 Å². The molecule has 0 aromatic heterocycles. The summed E-state index contributed by atoms with van der Waals surface area (Å²) in [6, 6.07) is 5.31. The Kier molecular flexibility index (Phi) is 9.57. The van der Waals surface area contributed by atoms with Crippen molar-refractivity contribution in [2.45, 2.75) is 74.3 Å². The first-order valence-corrected chi connectivity index (χ1v) is 11.6. The molecule has 9 heteroatoms. The van der Waals surface area contributed by atoms with E-state index in [1.165, 1.54) is 0 Å². The summed E-state index contributed by atoms with van der Waals surface area (Å²) < 4.78 is 13.6. The first kappa shape index (κ1) is 27.1. The molecule has 0 aliphatic rings. The summed E-state index contributed by atoms with van der Waals surface area (Å²) in [6.07, 6.45) is 0. The fourth-order valence-corrected chi connectivity index (χ4v) is 2.34. The van der Waals surface area contributed by atoms with E-state index in [2.05, 4.69) is 47.8 Å². The van der Waals surface area contributed by atoms with Gasteiger partial charge in [-0.1, -0.05) is 59.9 Å². The van der Waals surface area contributed by atoms with Gasteiger partial charge in [-0.15, -0.1) is 0 Å². The van der Waals surface area contributed by atoms with Crippen molar-refractivity contribution in [1.82, 2.24) is 0 Å². The minimum absolute atomic E-state index is 0.00975. The van der Waals surface area contributed by atoms with Crippen molar-refractivity contribution in [1.29, 1.82) is 0 Å². The van der Waals surface area contributed by atoms with Gasteiger partial charge in [0.1, 0.15) is 32.8 Å². The minimum Gasteiger partial charge on any atom is -0.460 e. The van der Waals surface area contributed by atoms with Crippen LogP contribution in [0.1, 0.15) is 58.2 Å². The first-order chi connectivity index (χ1) is 13.5. The number of benzene rings is 1. The fourth-order valence-electron chi connectivity index (χ4n) is 1.99. The number of hydrogen-bond acceptors (Lipinski definition) is 6. The van der Waals surface area contributed by atoms with Gasteiger partial charge >= 0.3 is 17.9 Å². The smallest absolute Gasteiger partial charge is 0.322 e. The molecular formula is C21H27Br3O6. The van der Waals surface area contributed by atoms with Gasteiger partial charge in [0.15, 0.2) is 0 Å². The zero-order valence-electron chi connectivity index (χ0n) is 17.9. The van der Waals surface area contributed by atoms with Gasteiger partial charge in [0.25, 0.3) is 0 Å². The van der Waals surface area contributed by atoms with Crippen LogP contribution in [0.2, 0.25) is 0 Å². The Bertz CT molecular complexity index is 785. The molecule has 0 unspecified atom stereocenters. The number of halogens is 3. The molecule has 0 bridgehead atoms. The Morgan fingerprint density at radius 3 is 1.43 bits per heavy atom. The quantitative estimate of drug-likeness (QED) is 0.212. The molecule has 168 valence electrons. The summed E-state index contributed by atoms with van der Waals surface area (Å²) in [5.41, 5.74) is 2.07. The number of ether oxygens (including phenoxy) is 3. The summed E-state index contributed by atoms with van der Waals surface area (Å²) >= 11 is 9.80. The van der Waals surface area contributed by atoms with Crippen LogP contribution in [0.4, 0.5) is 0 Å². The number of esters is 3. The van der Waals surface area contributed by atoms with Gasteiger partial charge in [0.05, 0.1) is 0 Å². The Hall–Kier alpha value is -0.930. The number of rotatable bonds is 9. The standard InChI is InChI=1S/C21H27Br3O6/c1-19(2,22)16(25)28-10-13-7-8-14(11-29-17(26)20(3,4)23)15(9-13)12-30-18(27)21(5,6)24/h7-9H,10-12H2,1-6H3. The molecule has 0 aliphatic carbocycles. The maximum Gasteiger partial charge on any atom is 0.322 e. The van der Waals surface area contributed by atoms with Crippen molar-refractivity contribution in [3.8, 4) is 0 Å². The lowest BCUT2D eigenvalue weighted by atomic mass is 10.0. The minimum atomic E-state index is -0.825. The molecule has 0 fully saturated rings. The third-order valence-electron chi connectivity index (χ3n) is 3.81. The highest BCUT2D eigenvalue weighted by atomic mass is 79.9. The molecule has 0 N–H and O–H groups in total. The Morgan fingerprint density at radius 1 is 0.667 bits per heavy atom. The lowest BCUT2D eigenvalue weighted by Crippen LogP contribution is -2.27. The monoisotopic (exact) mass is 612 g/mol. The topological polar surface area (TPSA) is 78.9 Å². The molecule has 0 heterocycles. The predicted molar refractivity (Wildman–Crippen MR) is 125 cm³/mol. The van der Waals surface area contributed by atoms with Crippen molar-refractivity contribution in [3.63, 3.8) is 0 Å². The van der Waals surface area contributed by atoms with E-state index in [0.29, 0.717) is 11.1 Å². The molecule has 0 saturated carbocycles. The molecule has 0 spiro atoms. The van der Waals surface area contributed by atoms with Gasteiger partial charge in [-0.25, -0.2) is 0 Å². The van der Waals surface area contributed by atoms with Crippen molar-refractivity contribution >= 4 is 65.7 Å². The van der Waals surface area contributed by atoms with E-state index in [1.807, 2.05) is 0 Å². The Morgan fingerprint density at radius 2 is 1.03 bits per heavy atom. The zero-order valence-corrected chi connectivity index (χ0v) is 22.7. The third kappa shape index (κ3) is 9.06. The normalized spacial score (nSPS) is 12.3. The average molecular weight is 615 g/mol. The molecule has 30 heavy (non-hydrogen) atoms. The maximum absolute atomic E-state index is 12.1. The second-order valence-electron chi connectivity index (χ2n) is 8.25. The Balaban J connectivity index is 3.01. The molecule has 0 atom stereocenters. The summed E-state index contributed by atoms with van der Waals surface area (Å²) in [6.45, 7) is 10.2. The van der Waals surface area contributed by atoms with Crippen LogP contribution in [-0.2, 0) is 48.4 Å². The Labute approximate surface area is 202 Å². The van der Waals surface area contributed by atoms with E-state index in [4.69, 9.17) is 14.2 Å². The van der Waals surface area contributed by atoms with Gasteiger partial charge in [-0.3, -0.25) is 14.4 Å². The summed E-state index contributed by atoms with van der Waals surface area (Å²) in [5, 5.41) is 0. The van der Waals surface area contributed by atoms with Crippen LogP contribution >= 0.6 is 47.8 Å². The molecule has 0 radical (unpaired) electrons. The van der Waals surface area contributed by atoms with Crippen molar-refractivity contribution in [3.05, 3.63) is 34.9 Å². The van der Waals surface area contributed by atoms with Crippen molar-refractivity contribution in [2.75, 3.05) is 0 Å². The van der Waals surface area contributed by atoms with Gasteiger partial charge < -0.3 is 14.2 Å². The molecule has 0 saturated heterocycles. The van der Waals surface area contributed by atoms with Crippen LogP contribution in [0.5, 0.6) is 0 Å². The summed E-state index contributed by atoms with van der Waals surface area (Å²) in [5.74, 6) is -1.23. The van der Waals surface area contributed by atoms with Crippen molar-refractivity contribution in [2.24, 2.45) is 0 Å². The molecular weight excluding hydrogens is 588 g/mol. The molecule has 0 aliphatic heterocycles. The third-order valence-corrected chi connectivity index (χ3v) is 4.79. The zero-order chi connectivity index (χ0) is 23.3. The first-order valence-electron chi connectivity index (χ1n) is 9.21. The van der Waals surface area contributed by atoms with E-state index in [9.17, 15) is 14.4 Å². The van der Waals surface area contributed by atoms with E-state index >= 15 is 0 Å². The van der Waals surface area contributed by atoms with Crippen LogP contribution in [0.15, 0.2) is 18.2 Å². The van der Waals surface area contributed by atoms with E-state index in [-0.39, 0.29) is 19.8 Å². The number of carbonyl (C=O) groups is 3. The SMILES string of the molecule is CC(C)(Br)C(=O)OCc1ccc(COC(=O)C(C)(C)Br)c(COC(=O)C(C)(C)Br)c1. The lowest BCUT2D eigenvalue weighted by molar-refractivity contribution is -0.148. The highest BCUT2D eigenvalue weighted by molar-refractivity contribution is 9.10. The molecule has 6 nitrogen and oxygen atoms in total. The fraction of sp³-hybridized carbons (Fsp3) is 0.571. The highest BCUT2D eigenvalue weighted by Crippen LogP contribution is 2.23. The van der Waals surface area contributed by atoms with Gasteiger partial charge in [-0.2, -0.15) is 0 Å².